The normalized spacial score (nSPS) is 27.2. The van der Waals surface area contributed by atoms with E-state index in [2.05, 4.69) is 17.8 Å². The predicted molar refractivity (Wildman–Crippen MR) is 70.6 cm³/mol. The molecular formula is C13H21N3O2. The van der Waals surface area contributed by atoms with Crippen LogP contribution in [0.25, 0.3) is 0 Å². The lowest BCUT2D eigenvalue weighted by molar-refractivity contribution is 0.378. The third-order valence-electron chi connectivity index (χ3n) is 3.58. The number of nitrogens with two attached hydrogens (primary N) is 1. The highest BCUT2D eigenvalue weighted by Crippen LogP contribution is 2.35. The lowest BCUT2D eigenvalue weighted by atomic mass is 9.90. The van der Waals surface area contributed by atoms with Crippen LogP contribution in [0.3, 0.4) is 0 Å². The van der Waals surface area contributed by atoms with E-state index in [1.165, 1.54) is 0 Å². The van der Waals surface area contributed by atoms with E-state index in [0.717, 1.165) is 17.1 Å². The van der Waals surface area contributed by atoms with Gasteiger partial charge in [0.1, 0.15) is 11.5 Å². The van der Waals surface area contributed by atoms with E-state index >= 15 is 0 Å². The Kier molecular flexibility index (Phi) is 4.06. The highest BCUT2D eigenvalue weighted by Gasteiger charge is 2.34. The van der Waals surface area contributed by atoms with E-state index in [1.807, 2.05) is 18.2 Å². The molecule has 3 unspecified atom stereocenters. The predicted octanol–water partition coefficient (Wildman–Crippen LogP) is 0.816. The minimum atomic E-state index is 0.134. The summed E-state index contributed by atoms with van der Waals surface area (Å²) in [6.45, 7) is 2.74. The van der Waals surface area contributed by atoms with Gasteiger partial charge in [-0.3, -0.25) is 5.43 Å². The summed E-state index contributed by atoms with van der Waals surface area (Å²) in [5.74, 6) is 2.00. The van der Waals surface area contributed by atoms with Gasteiger partial charge in [-0.2, -0.15) is 0 Å². The molecule has 2 rings (SSSR count). The van der Waals surface area contributed by atoms with Crippen molar-refractivity contribution in [1.29, 1.82) is 0 Å². The molecule has 1 aliphatic rings. The molecule has 3 atom stereocenters. The van der Waals surface area contributed by atoms with Crippen molar-refractivity contribution < 1.29 is 9.47 Å². The van der Waals surface area contributed by atoms with Crippen LogP contribution in [0.4, 0.5) is 0 Å². The fourth-order valence-electron chi connectivity index (χ4n) is 2.46. The summed E-state index contributed by atoms with van der Waals surface area (Å²) in [5.41, 5.74) is 13.5. The number of hydrogen-bond acceptors (Lipinski definition) is 5. The molecule has 0 saturated carbocycles. The maximum Gasteiger partial charge on any atom is 0.123 e. The molecule has 0 radical (unpaired) electrons. The average molecular weight is 251 g/mol. The maximum atomic E-state index is 5.86. The van der Waals surface area contributed by atoms with Crippen molar-refractivity contribution in [2.45, 2.75) is 19.0 Å². The van der Waals surface area contributed by atoms with Crippen LogP contribution >= 0.6 is 0 Å². The Morgan fingerprint density at radius 1 is 1.22 bits per heavy atom. The van der Waals surface area contributed by atoms with Gasteiger partial charge in [-0.05, 0) is 31.7 Å². The zero-order valence-electron chi connectivity index (χ0n) is 11.1. The summed E-state index contributed by atoms with van der Waals surface area (Å²) < 4.78 is 10.7. The van der Waals surface area contributed by atoms with Gasteiger partial charge in [-0.15, -0.1) is 0 Å². The SMILES string of the molecule is COc1ccc(OC)c(C2NNC(C)C2CN)c1. The molecule has 100 valence electrons. The van der Waals surface area contributed by atoms with Gasteiger partial charge in [-0.25, -0.2) is 5.43 Å². The third-order valence-corrected chi connectivity index (χ3v) is 3.58. The first-order valence-electron chi connectivity index (χ1n) is 6.14. The third kappa shape index (κ3) is 2.29. The number of benzene rings is 1. The summed E-state index contributed by atoms with van der Waals surface area (Å²) in [4.78, 5) is 0. The Balaban J connectivity index is 2.36. The Morgan fingerprint density at radius 2 is 2.00 bits per heavy atom. The zero-order chi connectivity index (χ0) is 13.1. The molecule has 1 aromatic rings. The molecule has 1 fully saturated rings. The van der Waals surface area contributed by atoms with Gasteiger partial charge in [0.25, 0.3) is 0 Å². The van der Waals surface area contributed by atoms with Crippen molar-refractivity contribution in [2.24, 2.45) is 11.7 Å². The number of rotatable bonds is 4. The molecule has 5 nitrogen and oxygen atoms in total. The number of ether oxygens (including phenoxy) is 2. The van der Waals surface area contributed by atoms with Crippen LogP contribution in [0.2, 0.25) is 0 Å². The van der Waals surface area contributed by atoms with E-state index in [1.54, 1.807) is 14.2 Å². The van der Waals surface area contributed by atoms with E-state index in [9.17, 15) is 0 Å². The van der Waals surface area contributed by atoms with E-state index in [4.69, 9.17) is 15.2 Å². The second-order valence-corrected chi connectivity index (χ2v) is 4.56. The summed E-state index contributed by atoms with van der Waals surface area (Å²) in [5, 5.41) is 0. The second-order valence-electron chi connectivity index (χ2n) is 4.56. The van der Waals surface area contributed by atoms with Crippen LogP contribution in [0.1, 0.15) is 18.5 Å². The van der Waals surface area contributed by atoms with Crippen molar-refractivity contribution in [1.82, 2.24) is 10.9 Å². The fourth-order valence-corrected chi connectivity index (χ4v) is 2.46. The van der Waals surface area contributed by atoms with Gasteiger partial charge >= 0.3 is 0 Å². The molecule has 0 aliphatic carbocycles. The molecule has 1 saturated heterocycles. The average Bonchev–Trinajstić information content (AvgIpc) is 2.78. The molecule has 18 heavy (non-hydrogen) atoms. The van der Waals surface area contributed by atoms with Crippen molar-refractivity contribution >= 4 is 0 Å². The quantitative estimate of drug-likeness (QED) is 0.739. The summed E-state index contributed by atoms with van der Waals surface area (Å²) in [7, 11) is 3.34. The Labute approximate surface area is 108 Å². The van der Waals surface area contributed by atoms with Crippen LogP contribution in [0.15, 0.2) is 18.2 Å². The topological polar surface area (TPSA) is 68.5 Å². The standard InChI is InChI=1S/C13H21N3O2/c1-8-11(7-14)13(16-15-8)10-6-9(17-2)4-5-12(10)18-3/h4-6,8,11,13,15-16H,7,14H2,1-3H3. The number of methoxy groups -OCH3 is 2. The lowest BCUT2D eigenvalue weighted by Gasteiger charge is -2.22. The monoisotopic (exact) mass is 251 g/mol. The van der Waals surface area contributed by atoms with Crippen molar-refractivity contribution in [2.75, 3.05) is 20.8 Å². The molecular weight excluding hydrogens is 230 g/mol. The molecule has 5 heteroatoms. The summed E-state index contributed by atoms with van der Waals surface area (Å²) >= 11 is 0. The first kappa shape index (κ1) is 13.1. The first-order valence-corrected chi connectivity index (χ1v) is 6.14. The minimum Gasteiger partial charge on any atom is -0.497 e. The van der Waals surface area contributed by atoms with E-state index < -0.39 is 0 Å². The van der Waals surface area contributed by atoms with Crippen molar-refractivity contribution in [3.05, 3.63) is 23.8 Å². The van der Waals surface area contributed by atoms with Gasteiger partial charge in [0.2, 0.25) is 0 Å². The summed E-state index contributed by atoms with van der Waals surface area (Å²) in [6.07, 6.45) is 0. The van der Waals surface area contributed by atoms with Gasteiger partial charge in [-0.1, -0.05) is 0 Å². The summed E-state index contributed by atoms with van der Waals surface area (Å²) in [6, 6.07) is 6.28. The van der Waals surface area contributed by atoms with Crippen molar-refractivity contribution in [3.63, 3.8) is 0 Å². The molecule has 4 N–H and O–H groups in total. The zero-order valence-corrected chi connectivity index (χ0v) is 11.1. The Hall–Kier alpha value is -1.30. The Bertz CT molecular complexity index is 411. The number of hydrazine groups is 1. The lowest BCUT2D eigenvalue weighted by Crippen LogP contribution is -2.30. The van der Waals surface area contributed by atoms with Crippen molar-refractivity contribution in [3.8, 4) is 11.5 Å². The highest BCUT2D eigenvalue weighted by molar-refractivity contribution is 5.43. The first-order chi connectivity index (χ1) is 8.71. The van der Waals surface area contributed by atoms with Crippen LogP contribution in [0.5, 0.6) is 11.5 Å². The molecule has 1 aromatic carbocycles. The number of hydrogen-bond donors (Lipinski definition) is 3. The van der Waals surface area contributed by atoms with Crippen LogP contribution < -0.4 is 26.1 Å². The van der Waals surface area contributed by atoms with Gasteiger partial charge in [0.15, 0.2) is 0 Å². The van der Waals surface area contributed by atoms with Crippen LogP contribution in [-0.4, -0.2) is 26.8 Å². The highest BCUT2D eigenvalue weighted by atomic mass is 16.5. The number of nitrogens with one attached hydrogen (secondary N) is 2. The second kappa shape index (κ2) is 5.56. The molecule has 0 spiro atoms. The molecule has 0 bridgehead atoms. The molecule has 1 heterocycles. The van der Waals surface area contributed by atoms with E-state index in [-0.39, 0.29) is 6.04 Å². The fraction of sp³-hybridized carbons (Fsp3) is 0.538. The van der Waals surface area contributed by atoms with Crippen LogP contribution in [0, 0.1) is 5.92 Å². The van der Waals surface area contributed by atoms with Gasteiger partial charge in [0.05, 0.1) is 20.3 Å². The molecule has 1 aliphatic heterocycles. The van der Waals surface area contributed by atoms with Crippen LogP contribution in [-0.2, 0) is 0 Å². The minimum absolute atomic E-state index is 0.134. The van der Waals surface area contributed by atoms with Gasteiger partial charge in [0, 0.05) is 17.5 Å². The largest absolute Gasteiger partial charge is 0.497 e. The maximum absolute atomic E-state index is 5.86. The van der Waals surface area contributed by atoms with E-state index in [0.29, 0.717) is 18.5 Å². The Morgan fingerprint density at radius 3 is 2.61 bits per heavy atom. The van der Waals surface area contributed by atoms with Gasteiger partial charge < -0.3 is 15.2 Å². The molecule has 0 amide bonds. The smallest absolute Gasteiger partial charge is 0.123 e. The molecule has 0 aromatic heterocycles.